The monoisotopic (exact) mass is 386 g/mol. The summed E-state index contributed by atoms with van der Waals surface area (Å²) in [5, 5.41) is 3.29. The lowest BCUT2D eigenvalue weighted by Crippen LogP contribution is -2.47. The second-order valence-corrected chi connectivity index (χ2v) is 7.98. The zero-order valence-electron chi connectivity index (χ0n) is 17.2. The Kier molecular flexibility index (Phi) is 8.01. The second kappa shape index (κ2) is 10.7. The molecule has 0 radical (unpaired) electrons. The number of carbonyl (C=O) groups excluding carboxylic acids is 2. The predicted molar refractivity (Wildman–Crippen MR) is 111 cm³/mol. The van der Waals surface area contributed by atoms with Crippen LogP contribution >= 0.6 is 0 Å². The lowest BCUT2D eigenvalue weighted by Gasteiger charge is -2.34. The molecule has 1 N–H and O–H groups in total. The Labute approximate surface area is 168 Å². The van der Waals surface area contributed by atoms with Crippen LogP contribution in [0.1, 0.15) is 42.1 Å². The molecular weight excluding hydrogens is 352 g/mol. The minimum Gasteiger partial charge on any atom is -0.340 e. The van der Waals surface area contributed by atoms with E-state index in [1.54, 1.807) is 6.92 Å². The Morgan fingerprint density at radius 3 is 2.21 bits per heavy atom. The highest BCUT2D eigenvalue weighted by Gasteiger charge is 2.18. The minimum atomic E-state index is 0.153. The van der Waals surface area contributed by atoms with Gasteiger partial charge in [0.1, 0.15) is 0 Å². The van der Waals surface area contributed by atoms with Gasteiger partial charge in [-0.05, 0) is 31.5 Å². The number of benzene rings is 1. The average molecular weight is 387 g/mol. The maximum Gasteiger partial charge on any atom is 0.219 e. The number of piperazine rings is 1. The normalized spacial score (nSPS) is 19.0. The van der Waals surface area contributed by atoms with Crippen LogP contribution in [0.25, 0.3) is 0 Å². The van der Waals surface area contributed by atoms with Crippen molar-refractivity contribution in [3.05, 3.63) is 35.4 Å². The third kappa shape index (κ3) is 6.40. The largest absolute Gasteiger partial charge is 0.340 e. The molecule has 3 rings (SSSR count). The summed E-state index contributed by atoms with van der Waals surface area (Å²) in [5.74, 6) is 0.312. The fourth-order valence-electron chi connectivity index (χ4n) is 4.00. The van der Waals surface area contributed by atoms with E-state index in [0.29, 0.717) is 6.54 Å². The first-order chi connectivity index (χ1) is 13.6. The Bertz CT molecular complexity index is 632. The van der Waals surface area contributed by atoms with E-state index in [2.05, 4.69) is 27.2 Å². The van der Waals surface area contributed by atoms with Gasteiger partial charge in [0.15, 0.2) is 5.78 Å². The van der Waals surface area contributed by atoms with Crippen molar-refractivity contribution in [2.75, 3.05) is 58.9 Å². The number of carbonyl (C=O) groups is 2. The summed E-state index contributed by atoms with van der Waals surface area (Å²) in [6, 6.07) is 7.99. The van der Waals surface area contributed by atoms with Gasteiger partial charge in [-0.25, -0.2) is 0 Å². The maximum atomic E-state index is 12.4. The Balaban J connectivity index is 1.36. The predicted octanol–water partition coefficient (Wildman–Crippen LogP) is 1.61. The molecule has 2 saturated heterocycles. The molecule has 0 saturated carbocycles. The highest BCUT2D eigenvalue weighted by atomic mass is 16.2. The summed E-state index contributed by atoms with van der Waals surface area (Å²) in [6.45, 7) is 10.6. The lowest BCUT2D eigenvalue weighted by atomic mass is 10.1. The molecule has 1 amide bonds. The van der Waals surface area contributed by atoms with Crippen LogP contribution in [0.4, 0.5) is 0 Å². The van der Waals surface area contributed by atoms with E-state index in [1.807, 2.05) is 17.0 Å². The smallest absolute Gasteiger partial charge is 0.219 e. The van der Waals surface area contributed by atoms with Crippen molar-refractivity contribution < 1.29 is 9.59 Å². The first-order valence-electron chi connectivity index (χ1n) is 10.6. The third-order valence-electron chi connectivity index (χ3n) is 5.84. The molecule has 2 heterocycles. The maximum absolute atomic E-state index is 12.4. The summed E-state index contributed by atoms with van der Waals surface area (Å²) < 4.78 is 0. The lowest BCUT2D eigenvalue weighted by molar-refractivity contribution is -0.130. The number of nitrogens with zero attached hydrogens (tertiary/aromatic N) is 3. The SMILES string of the molecule is CC(=O)N1CCN(Cc2ccc(C(=O)CNCCN3CCCCC3)cc2)CC1. The van der Waals surface area contributed by atoms with Crippen molar-refractivity contribution in [2.24, 2.45) is 0 Å². The molecule has 6 nitrogen and oxygen atoms in total. The third-order valence-corrected chi connectivity index (χ3v) is 5.84. The van der Waals surface area contributed by atoms with Gasteiger partial charge in [-0.2, -0.15) is 0 Å². The summed E-state index contributed by atoms with van der Waals surface area (Å²) in [4.78, 5) is 30.5. The van der Waals surface area contributed by atoms with Gasteiger partial charge in [-0.1, -0.05) is 30.7 Å². The summed E-state index contributed by atoms with van der Waals surface area (Å²) >= 11 is 0. The van der Waals surface area contributed by atoms with Gasteiger partial charge in [0, 0.05) is 58.3 Å². The second-order valence-electron chi connectivity index (χ2n) is 7.98. The molecule has 0 spiro atoms. The molecule has 0 unspecified atom stereocenters. The number of likely N-dealkylation sites (tertiary alicyclic amines) is 1. The quantitative estimate of drug-likeness (QED) is 0.543. The van der Waals surface area contributed by atoms with Crippen LogP contribution in [0.3, 0.4) is 0 Å². The van der Waals surface area contributed by atoms with E-state index in [0.717, 1.165) is 51.4 Å². The van der Waals surface area contributed by atoms with Crippen LogP contribution in [-0.2, 0) is 11.3 Å². The number of piperidine rings is 1. The van der Waals surface area contributed by atoms with Gasteiger partial charge >= 0.3 is 0 Å². The Morgan fingerprint density at radius 1 is 0.893 bits per heavy atom. The van der Waals surface area contributed by atoms with Gasteiger partial charge in [-0.15, -0.1) is 0 Å². The van der Waals surface area contributed by atoms with Crippen LogP contribution in [-0.4, -0.2) is 85.3 Å². The average Bonchev–Trinajstić information content (AvgIpc) is 2.73. The first kappa shape index (κ1) is 21.0. The molecule has 0 atom stereocenters. The van der Waals surface area contributed by atoms with Crippen LogP contribution in [0.2, 0.25) is 0 Å². The molecule has 1 aromatic rings. The molecule has 28 heavy (non-hydrogen) atoms. The van der Waals surface area contributed by atoms with E-state index < -0.39 is 0 Å². The zero-order valence-corrected chi connectivity index (χ0v) is 17.2. The molecule has 0 aromatic heterocycles. The number of nitrogens with one attached hydrogen (secondary N) is 1. The molecule has 0 bridgehead atoms. The molecule has 2 aliphatic heterocycles. The van der Waals surface area contributed by atoms with Crippen LogP contribution < -0.4 is 5.32 Å². The molecule has 154 valence electrons. The number of rotatable bonds is 8. The fourth-order valence-corrected chi connectivity index (χ4v) is 4.00. The van der Waals surface area contributed by atoms with E-state index in [-0.39, 0.29) is 11.7 Å². The van der Waals surface area contributed by atoms with Crippen molar-refractivity contribution in [3.63, 3.8) is 0 Å². The van der Waals surface area contributed by atoms with Gasteiger partial charge in [0.25, 0.3) is 0 Å². The number of ketones is 1. The molecule has 2 aliphatic rings. The number of hydrogen-bond donors (Lipinski definition) is 1. The Morgan fingerprint density at radius 2 is 1.57 bits per heavy atom. The molecular formula is C22H34N4O2. The summed E-state index contributed by atoms with van der Waals surface area (Å²) in [6.07, 6.45) is 3.96. The highest BCUT2D eigenvalue weighted by molar-refractivity contribution is 5.97. The van der Waals surface area contributed by atoms with Crippen LogP contribution in [0.5, 0.6) is 0 Å². The van der Waals surface area contributed by atoms with E-state index in [9.17, 15) is 9.59 Å². The molecule has 1 aromatic carbocycles. The molecule has 0 aliphatic carbocycles. The minimum absolute atomic E-state index is 0.153. The van der Waals surface area contributed by atoms with E-state index in [4.69, 9.17) is 0 Å². The number of amides is 1. The fraction of sp³-hybridized carbons (Fsp3) is 0.636. The number of hydrogen-bond acceptors (Lipinski definition) is 5. The molecule has 6 heteroatoms. The van der Waals surface area contributed by atoms with Gasteiger partial charge in [0.05, 0.1) is 6.54 Å². The topological polar surface area (TPSA) is 55.9 Å². The summed E-state index contributed by atoms with van der Waals surface area (Å²) in [7, 11) is 0. The van der Waals surface area contributed by atoms with E-state index in [1.165, 1.54) is 37.9 Å². The molecule has 2 fully saturated rings. The first-order valence-corrected chi connectivity index (χ1v) is 10.6. The van der Waals surface area contributed by atoms with Crippen LogP contribution in [0.15, 0.2) is 24.3 Å². The van der Waals surface area contributed by atoms with Crippen molar-refractivity contribution in [1.82, 2.24) is 20.0 Å². The number of Topliss-reactive ketones (excluding diaryl/α,β-unsaturated/α-hetero) is 1. The van der Waals surface area contributed by atoms with Crippen molar-refractivity contribution in [1.29, 1.82) is 0 Å². The standard InChI is InChI=1S/C22H34N4O2/c1-19(27)26-15-13-25(14-16-26)18-20-5-7-21(8-6-20)22(28)17-23-9-12-24-10-3-2-4-11-24/h5-8,23H,2-4,9-18H2,1H3. The van der Waals surface area contributed by atoms with Crippen LogP contribution in [0, 0.1) is 0 Å². The van der Waals surface area contributed by atoms with Gasteiger partial charge in [0.2, 0.25) is 5.91 Å². The van der Waals surface area contributed by atoms with Crippen molar-refractivity contribution in [2.45, 2.75) is 32.7 Å². The van der Waals surface area contributed by atoms with Crippen molar-refractivity contribution in [3.8, 4) is 0 Å². The Hall–Kier alpha value is -1.76. The zero-order chi connectivity index (χ0) is 19.8. The van der Waals surface area contributed by atoms with Gasteiger partial charge in [-0.3, -0.25) is 14.5 Å². The van der Waals surface area contributed by atoms with Crippen molar-refractivity contribution >= 4 is 11.7 Å². The summed E-state index contributed by atoms with van der Waals surface area (Å²) in [5.41, 5.74) is 1.99. The van der Waals surface area contributed by atoms with E-state index >= 15 is 0 Å². The van der Waals surface area contributed by atoms with Gasteiger partial charge < -0.3 is 15.1 Å². The highest BCUT2D eigenvalue weighted by Crippen LogP contribution is 2.11.